The number of benzene rings is 7. The molecule has 0 spiro atoms. The van der Waals surface area contributed by atoms with Gasteiger partial charge in [-0.2, -0.15) is 10.5 Å². The van der Waals surface area contributed by atoms with E-state index in [9.17, 15) is 10.5 Å². The standard InChI is InChI=1S/C46H27N7/c47-28-30-11-9-13-34(23-30)52-43-21-7-3-17-39(43)49-45(52)32-25-33(27-36(26-32)51-41-19-5-1-15-37(41)38-16-2-6-20-42(38)51)46-50-40-18-4-8-22-44(40)53(46)35-14-10-12-31(24-35)29-48/h1-27H. The molecule has 0 unspecified atom stereocenters. The lowest BCUT2D eigenvalue weighted by Crippen LogP contribution is -2.02. The first-order chi connectivity index (χ1) is 26.2. The van der Waals surface area contributed by atoms with Gasteiger partial charge in [0.05, 0.1) is 56.4 Å². The molecule has 0 N–H and O–H groups in total. The number of hydrogen-bond donors (Lipinski definition) is 0. The van der Waals surface area contributed by atoms with Crippen LogP contribution in [0.3, 0.4) is 0 Å². The average Bonchev–Trinajstić information content (AvgIpc) is 3.91. The third-order valence-corrected chi connectivity index (χ3v) is 9.86. The van der Waals surface area contributed by atoms with Crippen molar-refractivity contribution in [2.24, 2.45) is 0 Å². The van der Waals surface area contributed by atoms with Crippen molar-refractivity contribution in [1.82, 2.24) is 23.7 Å². The Bertz CT molecular complexity index is 2960. The number of nitrogens with zero attached hydrogens (tertiary/aromatic N) is 7. The van der Waals surface area contributed by atoms with Gasteiger partial charge in [-0.3, -0.25) is 9.13 Å². The van der Waals surface area contributed by atoms with E-state index in [1.807, 2.05) is 84.9 Å². The number of imidazole rings is 2. The number of aromatic nitrogens is 5. The minimum absolute atomic E-state index is 0.569. The van der Waals surface area contributed by atoms with Crippen LogP contribution in [-0.2, 0) is 0 Å². The van der Waals surface area contributed by atoms with Crippen molar-refractivity contribution in [3.05, 3.63) is 175 Å². The number of hydrogen-bond acceptors (Lipinski definition) is 4. The molecule has 7 heteroatoms. The maximum atomic E-state index is 9.84. The molecule has 7 nitrogen and oxygen atoms in total. The van der Waals surface area contributed by atoms with Crippen LogP contribution in [0.15, 0.2) is 164 Å². The van der Waals surface area contributed by atoms with E-state index in [0.29, 0.717) is 11.1 Å². The minimum atomic E-state index is 0.569. The summed E-state index contributed by atoms with van der Waals surface area (Å²) in [5, 5.41) is 22.0. The van der Waals surface area contributed by atoms with Gasteiger partial charge in [0.25, 0.3) is 0 Å². The van der Waals surface area contributed by atoms with Crippen molar-refractivity contribution in [1.29, 1.82) is 10.5 Å². The Balaban J connectivity index is 1.33. The van der Waals surface area contributed by atoms with Gasteiger partial charge in [0.15, 0.2) is 0 Å². The predicted octanol–water partition coefficient (Wildman–Crippen LogP) is 10.5. The Morgan fingerprint density at radius 2 is 0.811 bits per heavy atom. The van der Waals surface area contributed by atoms with E-state index in [-0.39, 0.29) is 0 Å². The van der Waals surface area contributed by atoms with Crippen molar-refractivity contribution in [3.8, 4) is 52.0 Å². The van der Waals surface area contributed by atoms with Gasteiger partial charge in [-0.15, -0.1) is 0 Å². The molecule has 0 bridgehead atoms. The van der Waals surface area contributed by atoms with Gasteiger partial charge in [0, 0.05) is 39.0 Å². The zero-order chi connectivity index (χ0) is 35.5. The molecule has 53 heavy (non-hydrogen) atoms. The summed E-state index contributed by atoms with van der Waals surface area (Å²) in [4.78, 5) is 10.5. The van der Waals surface area contributed by atoms with Crippen LogP contribution in [0, 0.1) is 22.7 Å². The van der Waals surface area contributed by atoms with Gasteiger partial charge in [0.1, 0.15) is 11.6 Å². The van der Waals surface area contributed by atoms with Crippen molar-refractivity contribution >= 4 is 43.9 Å². The van der Waals surface area contributed by atoms with Crippen LogP contribution in [0.25, 0.3) is 83.7 Å². The van der Waals surface area contributed by atoms with Gasteiger partial charge in [0.2, 0.25) is 0 Å². The third-order valence-electron chi connectivity index (χ3n) is 9.86. The summed E-state index contributed by atoms with van der Waals surface area (Å²) < 4.78 is 6.57. The second kappa shape index (κ2) is 11.9. The van der Waals surface area contributed by atoms with Crippen LogP contribution in [0.2, 0.25) is 0 Å². The Morgan fingerprint density at radius 1 is 0.377 bits per heavy atom. The molecular formula is C46H27N7. The van der Waals surface area contributed by atoms with Gasteiger partial charge in [-0.25, -0.2) is 9.97 Å². The molecule has 0 aliphatic heterocycles. The molecule has 0 saturated carbocycles. The minimum Gasteiger partial charge on any atom is -0.309 e. The zero-order valence-corrected chi connectivity index (χ0v) is 28.2. The van der Waals surface area contributed by atoms with E-state index in [2.05, 4.69) is 105 Å². The van der Waals surface area contributed by atoms with Crippen LogP contribution in [0.5, 0.6) is 0 Å². The molecule has 0 aliphatic carbocycles. The lowest BCUT2D eigenvalue weighted by molar-refractivity contribution is 1.08. The fourth-order valence-corrected chi connectivity index (χ4v) is 7.59. The summed E-state index contributed by atoms with van der Waals surface area (Å²) in [5.41, 5.74) is 11.2. The summed E-state index contributed by atoms with van der Waals surface area (Å²) in [6.45, 7) is 0. The third kappa shape index (κ3) is 4.80. The first-order valence-electron chi connectivity index (χ1n) is 17.3. The van der Waals surface area contributed by atoms with Gasteiger partial charge >= 0.3 is 0 Å². The lowest BCUT2D eigenvalue weighted by atomic mass is 10.1. The molecule has 246 valence electrons. The molecule has 3 heterocycles. The van der Waals surface area contributed by atoms with Gasteiger partial charge in [-0.05, 0) is 91.0 Å². The molecule has 0 amide bonds. The molecule has 0 radical (unpaired) electrons. The van der Waals surface area contributed by atoms with E-state index >= 15 is 0 Å². The summed E-state index contributed by atoms with van der Waals surface area (Å²) >= 11 is 0. The lowest BCUT2D eigenvalue weighted by Gasteiger charge is -2.16. The van der Waals surface area contributed by atoms with E-state index in [0.717, 1.165) is 83.7 Å². The topological polar surface area (TPSA) is 88.1 Å². The van der Waals surface area contributed by atoms with Crippen molar-refractivity contribution in [3.63, 3.8) is 0 Å². The summed E-state index contributed by atoms with van der Waals surface area (Å²) in [6.07, 6.45) is 0. The summed E-state index contributed by atoms with van der Waals surface area (Å²) in [6, 6.07) is 59.5. The first kappa shape index (κ1) is 30.1. The molecule has 0 aliphatic rings. The number of nitriles is 2. The highest BCUT2D eigenvalue weighted by Crippen LogP contribution is 2.38. The maximum Gasteiger partial charge on any atom is 0.145 e. The highest BCUT2D eigenvalue weighted by Gasteiger charge is 2.22. The number of fused-ring (bicyclic) bond motifs is 5. The summed E-state index contributed by atoms with van der Waals surface area (Å²) in [7, 11) is 0. The molecule has 10 aromatic rings. The highest BCUT2D eigenvalue weighted by molar-refractivity contribution is 6.09. The quantitative estimate of drug-likeness (QED) is 0.181. The Kier molecular flexibility index (Phi) is 6.79. The van der Waals surface area contributed by atoms with E-state index in [4.69, 9.17) is 9.97 Å². The Morgan fingerprint density at radius 3 is 1.28 bits per heavy atom. The van der Waals surface area contributed by atoms with Crippen LogP contribution in [0.4, 0.5) is 0 Å². The SMILES string of the molecule is N#Cc1cccc(-n2c(-c3cc(-c4nc5ccccc5n4-c4cccc(C#N)c4)cc(-n4c5ccccc5c5ccccc54)c3)nc3ccccc32)c1. The molecule has 7 aromatic carbocycles. The monoisotopic (exact) mass is 677 g/mol. The summed E-state index contributed by atoms with van der Waals surface area (Å²) in [5.74, 6) is 1.47. The van der Waals surface area contributed by atoms with E-state index < -0.39 is 0 Å². The van der Waals surface area contributed by atoms with Crippen molar-refractivity contribution in [2.45, 2.75) is 0 Å². The molecule has 10 rings (SSSR count). The Hall–Kier alpha value is -7.74. The molecule has 3 aromatic heterocycles. The van der Waals surface area contributed by atoms with Crippen LogP contribution in [0.1, 0.15) is 11.1 Å². The average molecular weight is 678 g/mol. The smallest absolute Gasteiger partial charge is 0.145 e. The van der Waals surface area contributed by atoms with Gasteiger partial charge in [-0.1, -0.05) is 72.8 Å². The second-order valence-corrected chi connectivity index (χ2v) is 13.0. The van der Waals surface area contributed by atoms with E-state index in [1.165, 1.54) is 0 Å². The molecule has 0 saturated heterocycles. The van der Waals surface area contributed by atoms with E-state index in [1.54, 1.807) is 0 Å². The van der Waals surface area contributed by atoms with Crippen molar-refractivity contribution in [2.75, 3.05) is 0 Å². The second-order valence-electron chi connectivity index (χ2n) is 13.0. The first-order valence-corrected chi connectivity index (χ1v) is 17.3. The predicted molar refractivity (Wildman–Crippen MR) is 210 cm³/mol. The van der Waals surface area contributed by atoms with Gasteiger partial charge < -0.3 is 4.57 Å². The molecule has 0 atom stereocenters. The number of rotatable bonds is 5. The normalized spacial score (nSPS) is 11.4. The highest BCUT2D eigenvalue weighted by atomic mass is 15.1. The molecule has 0 fully saturated rings. The fraction of sp³-hybridized carbons (Fsp3) is 0. The number of para-hydroxylation sites is 6. The zero-order valence-electron chi connectivity index (χ0n) is 28.2. The largest absolute Gasteiger partial charge is 0.309 e. The van der Waals surface area contributed by atoms with Crippen LogP contribution >= 0.6 is 0 Å². The van der Waals surface area contributed by atoms with Crippen LogP contribution < -0.4 is 0 Å². The maximum absolute atomic E-state index is 9.84. The Labute approximate surface area is 304 Å². The van der Waals surface area contributed by atoms with Crippen LogP contribution in [-0.4, -0.2) is 23.7 Å². The van der Waals surface area contributed by atoms with Crippen molar-refractivity contribution < 1.29 is 0 Å². The molecular weight excluding hydrogens is 651 g/mol. The fourth-order valence-electron chi connectivity index (χ4n) is 7.59.